The number of ether oxygens (including phenoxy) is 1. The molecule has 22 heavy (non-hydrogen) atoms. The summed E-state index contributed by atoms with van der Waals surface area (Å²) in [7, 11) is 1.66. The largest absolute Gasteiger partial charge is 0.472 e. The van der Waals surface area contributed by atoms with Gasteiger partial charge in [-0.25, -0.2) is 9.97 Å². The van der Waals surface area contributed by atoms with Gasteiger partial charge in [0.15, 0.2) is 0 Å². The predicted octanol–water partition coefficient (Wildman–Crippen LogP) is 2.86. The Bertz CT molecular complexity index is 714. The number of nitrogens with one attached hydrogen (secondary N) is 1. The zero-order chi connectivity index (χ0) is 15.2. The minimum absolute atomic E-state index is 0.561. The third-order valence-corrected chi connectivity index (χ3v) is 3.16. The van der Waals surface area contributed by atoms with E-state index in [0.29, 0.717) is 19.1 Å². The molecular formula is C16H16N4O2. The monoisotopic (exact) mass is 296 g/mol. The SMILES string of the molecule is COCCNc1ncc(-c2ccncc2)c(-c2ccoc2)n1. The molecule has 6 heteroatoms. The molecule has 6 nitrogen and oxygen atoms in total. The van der Waals surface area contributed by atoms with Crippen molar-refractivity contribution in [2.75, 3.05) is 25.6 Å². The second-order valence-electron chi connectivity index (χ2n) is 4.62. The third kappa shape index (κ3) is 3.12. The first-order valence-corrected chi connectivity index (χ1v) is 6.91. The van der Waals surface area contributed by atoms with Gasteiger partial charge >= 0.3 is 0 Å². The highest BCUT2D eigenvalue weighted by atomic mass is 16.5. The average Bonchev–Trinajstić information content (AvgIpc) is 3.10. The molecular weight excluding hydrogens is 280 g/mol. The van der Waals surface area contributed by atoms with Gasteiger partial charge in [-0.2, -0.15) is 0 Å². The Balaban J connectivity index is 1.99. The first-order chi connectivity index (χ1) is 10.9. The Hall–Kier alpha value is -2.73. The van der Waals surface area contributed by atoms with Crippen LogP contribution in [0.3, 0.4) is 0 Å². The molecule has 0 saturated heterocycles. The number of hydrogen-bond donors (Lipinski definition) is 1. The Morgan fingerprint density at radius 2 is 2.05 bits per heavy atom. The van der Waals surface area contributed by atoms with Gasteiger partial charge in [0.2, 0.25) is 5.95 Å². The molecule has 0 amide bonds. The number of hydrogen-bond acceptors (Lipinski definition) is 6. The van der Waals surface area contributed by atoms with E-state index in [1.165, 1.54) is 0 Å². The summed E-state index contributed by atoms with van der Waals surface area (Å²) in [5.74, 6) is 0.561. The number of aromatic nitrogens is 3. The van der Waals surface area contributed by atoms with Gasteiger partial charge in [-0.1, -0.05) is 0 Å². The van der Waals surface area contributed by atoms with E-state index in [-0.39, 0.29) is 0 Å². The van der Waals surface area contributed by atoms with Crippen LogP contribution in [-0.4, -0.2) is 35.2 Å². The van der Waals surface area contributed by atoms with Gasteiger partial charge in [-0.05, 0) is 23.8 Å². The fourth-order valence-electron chi connectivity index (χ4n) is 2.09. The van der Waals surface area contributed by atoms with E-state index >= 15 is 0 Å². The lowest BCUT2D eigenvalue weighted by molar-refractivity contribution is 0.210. The lowest BCUT2D eigenvalue weighted by atomic mass is 10.0. The fraction of sp³-hybridized carbons (Fsp3) is 0.188. The highest BCUT2D eigenvalue weighted by Crippen LogP contribution is 2.30. The number of anilines is 1. The number of rotatable bonds is 6. The van der Waals surface area contributed by atoms with Crippen molar-refractivity contribution in [3.63, 3.8) is 0 Å². The highest BCUT2D eigenvalue weighted by Gasteiger charge is 2.12. The van der Waals surface area contributed by atoms with Crippen molar-refractivity contribution in [2.24, 2.45) is 0 Å². The van der Waals surface area contributed by atoms with Crippen molar-refractivity contribution in [3.8, 4) is 22.4 Å². The van der Waals surface area contributed by atoms with Crippen LogP contribution in [0.1, 0.15) is 0 Å². The van der Waals surface area contributed by atoms with Gasteiger partial charge in [0.1, 0.15) is 0 Å². The lowest BCUT2D eigenvalue weighted by Gasteiger charge is -2.10. The van der Waals surface area contributed by atoms with Gasteiger partial charge in [-0.15, -0.1) is 0 Å². The zero-order valence-electron chi connectivity index (χ0n) is 12.2. The topological polar surface area (TPSA) is 73.1 Å². The van der Waals surface area contributed by atoms with Crippen LogP contribution in [0.15, 0.2) is 53.7 Å². The van der Waals surface area contributed by atoms with Crippen LogP contribution >= 0.6 is 0 Å². The maximum Gasteiger partial charge on any atom is 0.223 e. The third-order valence-electron chi connectivity index (χ3n) is 3.16. The van der Waals surface area contributed by atoms with Crippen LogP contribution in [-0.2, 0) is 4.74 Å². The van der Waals surface area contributed by atoms with Crippen LogP contribution in [0.4, 0.5) is 5.95 Å². The summed E-state index contributed by atoms with van der Waals surface area (Å²) in [6.07, 6.45) is 8.61. The molecule has 0 aliphatic carbocycles. The predicted molar refractivity (Wildman–Crippen MR) is 83.3 cm³/mol. The molecule has 112 valence electrons. The van der Waals surface area contributed by atoms with E-state index in [4.69, 9.17) is 9.15 Å². The standard InChI is InChI=1S/C16H16N4O2/c1-21-9-7-18-16-19-10-14(12-2-5-17-6-3-12)15(20-16)13-4-8-22-11-13/h2-6,8,10-11H,7,9H2,1H3,(H,18,19,20). The molecule has 0 radical (unpaired) electrons. The highest BCUT2D eigenvalue weighted by molar-refractivity contribution is 5.80. The first-order valence-electron chi connectivity index (χ1n) is 6.91. The van der Waals surface area contributed by atoms with Crippen molar-refractivity contribution >= 4 is 5.95 Å². The summed E-state index contributed by atoms with van der Waals surface area (Å²) in [6.45, 7) is 1.24. The summed E-state index contributed by atoms with van der Waals surface area (Å²) in [5.41, 5.74) is 3.66. The number of methoxy groups -OCH3 is 1. The van der Waals surface area contributed by atoms with Crippen LogP contribution in [0.2, 0.25) is 0 Å². The summed E-state index contributed by atoms with van der Waals surface area (Å²) in [4.78, 5) is 13.0. The average molecular weight is 296 g/mol. The van der Waals surface area contributed by atoms with Crippen LogP contribution < -0.4 is 5.32 Å². The van der Waals surface area contributed by atoms with Crippen molar-refractivity contribution in [2.45, 2.75) is 0 Å². The van der Waals surface area contributed by atoms with Crippen molar-refractivity contribution in [1.82, 2.24) is 15.0 Å². The molecule has 3 aromatic rings. The Morgan fingerprint density at radius 3 is 2.77 bits per heavy atom. The molecule has 3 aromatic heterocycles. The molecule has 0 aromatic carbocycles. The molecule has 0 atom stereocenters. The number of pyridine rings is 1. The van der Waals surface area contributed by atoms with Gasteiger partial charge in [-0.3, -0.25) is 4.98 Å². The summed E-state index contributed by atoms with van der Waals surface area (Å²) in [5, 5.41) is 3.14. The van der Waals surface area contributed by atoms with E-state index in [0.717, 1.165) is 22.4 Å². The minimum atomic E-state index is 0.561. The summed E-state index contributed by atoms with van der Waals surface area (Å²) < 4.78 is 10.2. The lowest BCUT2D eigenvalue weighted by Crippen LogP contribution is -2.10. The molecule has 3 heterocycles. The van der Waals surface area contributed by atoms with Gasteiger partial charge in [0.05, 0.1) is 24.8 Å². The summed E-state index contributed by atoms with van der Waals surface area (Å²) in [6, 6.07) is 5.74. The van der Waals surface area contributed by atoms with Crippen molar-refractivity contribution in [1.29, 1.82) is 0 Å². The van der Waals surface area contributed by atoms with E-state index in [2.05, 4.69) is 20.3 Å². The first kappa shape index (κ1) is 14.2. The van der Waals surface area contributed by atoms with Gasteiger partial charge in [0.25, 0.3) is 0 Å². The Labute approximate surface area is 128 Å². The summed E-state index contributed by atoms with van der Waals surface area (Å²) >= 11 is 0. The molecule has 0 spiro atoms. The maximum absolute atomic E-state index is 5.19. The van der Waals surface area contributed by atoms with Gasteiger partial charge in [0, 0.05) is 43.4 Å². The van der Waals surface area contributed by atoms with E-state index < -0.39 is 0 Å². The molecule has 0 fully saturated rings. The Kier molecular flexibility index (Phi) is 4.41. The van der Waals surface area contributed by atoms with Crippen LogP contribution in [0.25, 0.3) is 22.4 Å². The normalized spacial score (nSPS) is 10.6. The number of nitrogens with zero attached hydrogens (tertiary/aromatic N) is 3. The minimum Gasteiger partial charge on any atom is -0.472 e. The van der Waals surface area contributed by atoms with Crippen molar-refractivity contribution < 1.29 is 9.15 Å². The fourth-order valence-corrected chi connectivity index (χ4v) is 2.09. The van der Waals surface area contributed by atoms with E-state index in [1.807, 2.05) is 18.2 Å². The van der Waals surface area contributed by atoms with Crippen LogP contribution in [0, 0.1) is 0 Å². The molecule has 0 unspecified atom stereocenters. The van der Waals surface area contributed by atoms with E-state index in [9.17, 15) is 0 Å². The van der Waals surface area contributed by atoms with Crippen LogP contribution in [0.5, 0.6) is 0 Å². The maximum atomic E-state index is 5.19. The second-order valence-corrected chi connectivity index (χ2v) is 4.62. The Morgan fingerprint density at radius 1 is 1.18 bits per heavy atom. The molecule has 0 saturated carbocycles. The quantitative estimate of drug-likeness (QED) is 0.705. The molecule has 0 bridgehead atoms. The molecule has 0 aliphatic rings. The molecule has 3 rings (SSSR count). The van der Waals surface area contributed by atoms with Gasteiger partial charge < -0.3 is 14.5 Å². The smallest absolute Gasteiger partial charge is 0.223 e. The second kappa shape index (κ2) is 6.82. The van der Waals surface area contributed by atoms with E-state index in [1.54, 1.807) is 38.2 Å². The molecule has 0 aliphatic heterocycles. The molecule has 1 N–H and O–H groups in total. The van der Waals surface area contributed by atoms with Crippen molar-refractivity contribution in [3.05, 3.63) is 49.3 Å². The zero-order valence-corrected chi connectivity index (χ0v) is 12.2. The number of furan rings is 1.